The molecule has 0 saturated carbocycles. The van der Waals surface area contributed by atoms with Crippen molar-refractivity contribution >= 4 is 17.6 Å². The lowest BCUT2D eigenvalue weighted by atomic mass is 10.0. The van der Waals surface area contributed by atoms with E-state index in [9.17, 15) is 14.0 Å². The maximum Gasteiger partial charge on any atom is 0.259 e. The van der Waals surface area contributed by atoms with Gasteiger partial charge in [-0.25, -0.2) is 4.39 Å². The van der Waals surface area contributed by atoms with Crippen molar-refractivity contribution < 1.29 is 23.2 Å². The number of methoxy groups -OCH3 is 1. The monoisotopic (exact) mass is 392 g/mol. The van der Waals surface area contributed by atoms with Crippen LogP contribution >= 0.6 is 0 Å². The zero-order valence-corrected chi connectivity index (χ0v) is 16.6. The molecule has 1 aromatic heterocycles. The molecule has 0 saturated heterocycles. The molecule has 9 heteroatoms. The summed E-state index contributed by atoms with van der Waals surface area (Å²) in [6, 6.07) is 3.23. The average molecular weight is 392 g/mol. The lowest BCUT2D eigenvalue weighted by molar-refractivity contribution is -0.120. The first-order chi connectivity index (χ1) is 13.1. The number of amides is 2. The highest BCUT2D eigenvalue weighted by atomic mass is 19.1. The molecule has 1 atom stereocenters. The van der Waals surface area contributed by atoms with Gasteiger partial charge in [0.2, 0.25) is 5.91 Å². The normalized spacial score (nSPS) is 12.0. The van der Waals surface area contributed by atoms with E-state index in [0.717, 1.165) is 0 Å². The van der Waals surface area contributed by atoms with E-state index < -0.39 is 23.7 Å². The van der Waals surface area contributed by atoms with Gasteiger partial charge in [0, 0.05) is 19.7 Å². The van der Waals surface area contributed by atoms with E-state index in [2.05, 4.69) is 10.5 Å². The second-order valence-electron chi connectivity index (χ2n) is 7.01. The second-order valence-corrected chi connectivity index (χ2v) is 7.01. The molecule has 8 nitrogen and oxygen atoms in total. The Balaban J connectivity index is 2.49. The number of ether oxygens (including phenoxy) is 1. The van der Waals surface area contributed by atoms with Crippen molar-refractivity contribution in [3.05, 3.63) is 29.6 Å². The number of aromatic nitrogens is 1. The van der Waals surface area contributed by atoms with Crippen LogP contribution in [0.3, 0.4) is 0 Å². The van der Waals surface area contributed by atoms with Crippen molar-refractivity contribution in [1.29, 1.82) is 0 Å². The van der Waals surface area contributed by atoms with Crippen molar-refractivity contribution in [3.63, 3.8) is 0 Å². The Kier molecular flexibility index (Phi) is 6.61. The number of carbonyl (C=O) groups excluding carboxylic acids is 2. The zero-order valence-electron chi connectivity index (χ0n) is 16.6. The van der Waals surface area contributed by atoms with Crippen LogP contribution in [0.1, 0.15) is 30.6 Å². The molecule has 0 aliphatic rings. The Labute approximate surface area is 162 Å². The molecular formula is C19H25FN4O4. The molecule has 0 fully saturated rings. The Morgan fingerprint density at radius 3 is 2.57 bits per heavy atom. The van der Waals surface area contributed by atoms with Crippen LogP contribution in [-0.4, -0.2) is 44.2 Å². The smallest absolute Gasteiger partial charge is 0.259 e. The summed E-state index contributed by atoms with van der Waals surface area (Å²) in [5.74, 6) is -1.19. The fourth-order valence-electron chi connectivity index (χ4n) is 2.74. The number of nitrogens with zero attached hydrogens (tertiary/aromatic N) is 2. The molecule has 0 radical (unpaired) electrons. The summed E-state index contributed by atoms with van der Waals surface area (Å²) >= 11 is 0. The number of hydrogen-bond donors (Lipinski definition) is 2. The van der Waals surface area contributed by atoms with Gasteiger partial charge in [0.1, 0.15) is 11.6 Å². The van der Waals surface area contributed by atoms with Crippen LogP contribution in [-0.2, 0) is 4.79 Å². The molecule has 0 aliphatic carbocycles. The fraction of sp³-hybridized carbons (Fsp3) is 0.421. The number of rotatable bonds is 8. The first-order valence-corrected chi connectivity index (χ1v) is 8.76. The topological polar surface area (TPSA) is 111 Å². The number of carbonyl (C=O) groups is 2. The van der Waals surface area contributed by atoms with Gasteiger partial charge in [0.15, 0.2) is 23.1 Å². The Morgan fingerprint density at radius 2 is 2.04 bits per heavy atom. The minimum atomic E-state index is -0.840. The molecule has 2 aromatic rings. The van der Waals surface area contributed by atoms with E-state index in [1.165, 1.54) is 25.3 Å². The SMILES string of the molecule is COc1cc(-c2onc(N(C)C)c2C(=O)N[C@@H](CC(C)C)C(N)=O)ccc1F. The molecule has 0 bridgehead atoms. The summed E-state index contributed by atoms with van der Waals surface area (Å²) in [7, 11) is 4.73. The maximum absolute atomic E-state index is 13.8. The predicted octanol–water partition coefficient (Wildman–Crippen LogP) is 2.19. The maximum atomic E-state index is 13.8. The minimum Gasteiger partial charge on any atom is -0.494 e. The summed E-state index contributed by atoms with van der Waals surface area (Å²) in [6.07, 6.45) is 0.392. The number of benzene rings is 1. The fourth-order valence-corrected chi connectivity index (χ4v) is 2.74. The average Bonchev–Trinajstić information content (AvgIpc) is 3.06. The Bertz CT molecular complexity index is 864. The molecule has 1 heterocycles. The van der Waals surface area contributed by atoms with E-state index in [0.29, 0.717) is 12.0 Å². The number of hydrogen-bond acceptors (Lipinski definition) is 6. The third-order valence-corrected chi connectivity index (χ3v) is 4.09. The summed E-state index contributed by atoms with van der Waals surface area (Å²) in [6.45, 7) is 3.84. The van der Waals surface area contributed by atoms with Crippen LogP contribution in [0, 0.1) is 11.7 Å². The van der Waals surface area contributed by atoms with E-state index >= 15 is 0 Å². The quantitative estimate of drug-likeness (QED) is 0.712. The minimum absolute atomic E-state index is 0.00137. The number of halogens is 1. The first-order valence-electron chi connectivity index (χ1n) is 8.76. The standard InChI is InChI=1S/C19H25FN4O4/c1-10(2)8-13(17(21)25)22-19(26)15-16(28-23-18(15)24(3)4)11-6-7-12(20)14(9-11)27-5/h6-7,9-10,13H,8H2,1-5H3,(H2,21,25)(H,22,26)/t13-/m0/s1. The molecule has 152 valence electrons. The Morgan fingerprint density at radius 1 is 1.36 bits per heavy atom. The molecule has 3 N–H and O–H groups in total. The van der Waals surface area contributed by atoms with Crippen molar-refractivity contribution in [2.75, 3.05) is 26.1 Å². The van der Waals surface area contributed by atoms with Crippen molar-refractivity contribution in [2.45, 2.75) is 26.3 Å². The van der Waals surface area contributed by atoms with Crippen LogP contribution in [0.2, 0.25) is 0 Å². The molecule has 1 aromatic carbocycles. The summed E-state index contributed by atoms with van der Waals surface area (Å²) in [5, 5.41) is 6.59. The molecular weight excluding hydrogens is 367 g/mol. The highest BCUT2D eigenvalue weighted by molar-refractivity contribution is 6.05. The number of nitrogens with two attached hydrogens (primary N) is 1. The third-order valence-electron chi connectivity index (χ3n) is 4.09. The van der Waals surface area contributed by atoms with Crippen LogP contribution < -0.4 is 20.7 Å². The number of anilines is 1. The van der Waals surface area contributed by atoms with Gasteiger partial charge in [-0.15, -0.1) is 0 Å². The zero-order chi connectivity index (χ0) is 21.0. The molecule has 0 spiro atoms. The summed E-state index contributed by atoms with van der Waals surface area (Å²) in [4.78, 5) is 26.3. The Hall–Kier alpha value is -3.10. The highest BCUT2D eigenvalue weighted by Crippen LogP contribution is 2.33. The van der Waals surface area contributed by atoms with E-state index in [1.807, 2.05) is 13.8 Å². The second kappa shape index (κ2) is 8.73. The van der Waals surface area contributed by atoms with Gasteiger partial charge >= 0.3 is 0 Å². The van der Waals surface area contributed by atoms with Gasteiger partial charge in [0.25, 0.3) is 5.91 Å². The van der Waals surface area contributed by atoms with Gasteiger partial charge in [-0.05, 0) is 30.5 Å². The van der Waals surface area contributed by atoms with Crippen molar-refractivity contribution in [2.24, 2.45) is 11.7 Å². The van der Waals surface area contributed by atoms with Crippen LogP contribution in [0.25, 0.3) is 11.3 Å². The largest absolute Gasteiger partial charge is 0.494 e. The molecule has 0 aliphatic heterocycles. The van der Waals surface area contributed by atoms with Gasteiger partial charge in [-0.3, -0.25) is 9.59 Å². The van der Waals surface area contributed by atoms with Crippen molar-refractivity contribution in [3.8, 4) is 17.1 Å². The lowest BCUT2D eigenvalue weighted by Crippen LogP contribution is -2.45. The molecule has 2 rings (SSSR count). The van der Waals surface area contributed by atoms with Crippen LogP contribution in [0.15, 0.2) is 22.7 Å². The van der Waals surface area contributed by atoms with Gasteiger partial charge in [-0.2, -0.15) is 0 Å². The first kappa shape index (κ1) is 21.2. The summed E-state index contributed by atoms with van der Waals surface area (Å²) in [5.41, 5.74) is 5.95. The van der Waals surface area contributed by atoms with E-state index in [-0.39, 0.29) is 28.8 Å². The predicted molar refractivity (Wildman–Crippen MR) is 103 cm³/mol. The lowest BCUT2D eigenvalue weighted by Gasteiger charge is -2.18. The highest BCUT2D eigenvalue weighted by Gasteiger charge is 2.29. The number of primary amides is 1. The van der Waals surface area contributed by atoms with Crippen LogP contribution in [0.4, 0.5) is 10.2 Å². The van der Waals surface area contributed by atoms with Gasteiger partial charge in [-0.1, -0.05) is 19.0 Å². The summed E-state index contributed by atoms with van der Waals surface area (Å²) < 4.78 is 24.1. The van der Waals surface area contributed by atoms with E-state index in [1.54, 1.807) is 19.0 Å². The number of nitrogens with one attached hydrogen (secondary N) is 1. The third kappa shape index (κ3) is 4.59. The van der Waals surface area contributed by atoms with Gasteiger partial charge < -0.3 is 25.2 Å². The van der Waals surface area contributed by atoms with E-state index in [4.69, 9.17) is 15.0 Å². The van der Waals surface area contributed by atoms with Gasteiger partial charge in [0.05, 0.1) is 7.11 Å². The van der Waals surface area contributed by atoms with Crippen LogP contribution in [0.5, 0.6) is 5.75 Å². The van der Waals surface area contributed by atoms with Crippen molar-refractivity contribution in [1.82, 2.24) is 10.5 Å². The molecule has 0 unspecified atom stereocenters. The molecule has 28 heavy (non-hydrogen) atoms. The molecule has 2 amide bonds.